The fraction of sp³-hybridized carbons (Fsp3) is 1.00. The van der Waals surface area contributed by atoms with Crippen molar-refractivity contribution in [3.05, 3.63) is 0 Å². The Labute approximate surface area is 86.5 Å². The number of nitrogens with one attached hydrogen (secondary N) is 1. The van der Waals surface area contributed by atoms with Crippen molar-refractivity contribution < 1.29 is 10.2 Å². The van der Waals surface area contributed by atoms with Gasteiger partial charge in [-0.3, -0.25) is 0 Å². The van der Waals surface area contributed by atoms with Crippen LogP contribution < -0.4 is 5.32 Å². The molecular formula is C11H23NO2. The second-order valence-corrected chi connectivity index (χ2v) is 4.29. The number of hydrogen-bond donors (Lipinski definition) is 3. The molecule has 3 N–H and O–H groups in total. The third kappa shape index (κ3) is 3.23. The summed E-state index contributed by atoms with van der Waals surface area (Å²) in [5, 5.41) is 21.3. The molecule has 1 saturated carbocycles. The summed E-state index contributed by atoms with van der Waals surface area (Å²) < 4.78 is 0. The van der Waals surface area contributed by atoms with Crippen molar-refractivity contribution in [2.45, 2.75) is 51.1 Å². The van der Waals surface area contributed by atoms with Crippen LogP contribution in [0.5, 0.6) is 0 Å². The van der Waals surface area contributed by atoms with Crippen LogP contribution in [0.4, 0.5) is 0 Å². The molecule has 3 heteroatoms. The molecule has 0 unspecified atom stereocenters. The molecule has 1 aliphatic carbocycles. The normalized spacial score (nSPS) is 28.3. The van der Waals surface area contributed by atoms with Crippen LogP contribution in [0, 0.1) is 5.92 Å². The minimum Gasteiger partial charge on any atom is -0.395 e. The van der Waals surface area contributed by atoms with E-state index in [4.69, 9.17) is 10.2 Å². The summed E-state index contributed by atoms with van der Waals surface area (Å²) in [7, 11) is 0. The molecule has 0 bridgehead atoms. The van der Waals surface area contributed by atoms with E-state index in [0.29, 0.717) is 6.04 Å². The van der Waals surface area contributed by atoms with Crippen molar-refractivity contribution in [2.75, 3.05) is 13.2 Å². The van der Waals surface area contributed by atoms with Crippen LogP contribution in [0.15, 0.2) is 0 Å². The number of hydrogen-bond acceptors (Lipinski definition) is 3. The van der Waals surface area contributed by atoms with Gasteiger partial charge in [0.25, 0.3) is 0 Å². The van der Waals surface area contributed by atoms with Crippen LogP contribution in [0.1, 0.15) is 39.0 Å². The Morgan fingerprint density at radius 1 is 1.21 bits per heavy atom. The van der Waals surface area contributed by atoms with Gasteiger partial charge < -0.3 is 15.5 Å². The predicted molar refractivity (Wildman–Crippen MR) is 57.1 cm³/mol. The van der Waals surface area contributed by atoms with Gasteiger partial charge in [0.2, 0.25) is 0 Å². The van der Waals surface area contributed by atoms with Crippen molar-refractivity contribution in [1.82, 2.24) is 5.32 Å². The van der Waals surface area contributed by atoms with Gasteiger partial charge in [-0.25, -0.2) is 0 Å². The van der Waals surface area contributed by atoms with Crippen LogP contribution in [-0.4, -0.2) is 35.5 Å². The van der Waals surface area contributed by atoms with E-state index in [9.17, 15) is 0 Å². The molecule has 84 valence electrons. The maximum absolute atomic E-state index is 8.99. The number of aliphatic hydroxyl groups is 2. The summed E-state index contributed by atoms with van der Waals surface area (Å²) in [6.07, 6.45) is 6.28. The molecule has 0 spiro atoms. The van der Waals surface area contributed by atoms with Gasteiger partial charge in [0.05, 0.1) is 19.3 Å². The lowest BCUT2D eigenvalue weighted by molar-refractivity contribution is 0.138. The summed E-state index contributed by atoms with van der Waals surface area (Å²) in [5.41, 5.74) is 0. The summed E-state index contributed by atoms with van der Waals surface area (Å²) in [4.78, 5) is 0. The highest BCUT2D eigenvalue weighted by molar-refractivity contribution is 4.82. The second-order valence-electron chi connectivity index (χ2n) is 4.29. The van der Waals surface area contributed by atoms with Crippen molar-refractivity contribution in [3.8, 4) is 0 Å². The zero-order chi connectivity index (χ0) is 10.4. The van der Waals surface area contributed by atoms with Crippen LogP contribution in [0.2, 0.25) is 0 Å². The van der Waals surface area contributed by atoms with Crippen LogP contribution in [0.3, 0.4) is 0 Å². The number of aliphatic hydroxyl groups excluding tert-OH is 2. The minimum atomic E-state index is -0.132. The summed E-state index contributed by atoms with van der Waals surface area (Å²) in [6, 6.07) is 0.366. The molecule has 0 aromatic heterocycles. The lowest BCUT2D eigenvalue weighted by Gasteiger charge is -2.33. The largest absolute Gasteiger partial charge is 0.395 e. The highest BCUT2D eigenvalue weighted by Gasteiger charge is 2.25. The third-order valence-corrected chi connectivity index (χ3v) is 3.32. The Morgan fingerprint density at radius 3 is 2.43 bits per heavy atom. The molecule has 0 aromatic carbocycles. The molecule has 1 aliphatic rings. The molecule has 2 atom stereocenters. The molecule has 0 amide bonds. The van der Waals surface area contributed by atoms with Gasteiger partial charge in [-0.15, -0.1) is 0 Å². The predicted octanol–water partition coefficient (Wildman–Crippen LogP) is 0.898. The van der Waals surface area contributed by atoms with E-state index in [1.807, 2.05) is 0 Å². The molecule has 3 nitrogen and oxygen atoms in total. The van der Waals surface area contributed by atoms with E-state index in [-0.39, 0.29) is 19.3 Å². The lowest BCUT2D eigenvalue weighted by Crippen LogP contribution is -2.47. The Balaban J connectivity index is 2.39. The molecule has 1 rings (SSSR count). The quantitative estimate of drug-likeness (QED) is 0.619. The highest BCUT2D eigenvalue weighted by Crippen LogP contribution is 2.26. The van der Waals surface area contributed by atoms with Crippen molar-refractivity contribution in [2.24, 2.45) is 5.92 Å². The molecular weight excluding hydrogens is 178 g/mol. The average Bonchev–Trinajstić information content (AvgIpc) is 2.26. The first-order valence-corrected chi connectivity index (χ1v) is 5.79. The zero-order valence-corrected chi connectivity index (χ0v) is 9.08. The molecule has 0 aliphatic heterocycles. The van der Waals surface area contributed by atoms with Gasteiger partial charge in [-0.05, 0) is 18.8 Å². The first-order valence-electron chi connectivity index (χ1n) is 5.79. The smallest absolute Gasteiger partial charge is 0.0607 e. The summed E-state index contributed by atoms with van der Waals surface area (Å²) in [6.45, 7) is 2.28. The van der Waals surface area contributed by atoms with Crippen molar-refractivity contribution in [3.63, 3.8) is 0 Å². The summed E-state index contributed by atoms with van der Waals surface area (Å²) in [5.74, 6) is 0.726. The van der Waals surface area contributed by atoms with E-state index >= 15 is 0 Å². The first-order chi connectivity index (χ1) is 6.81. The van der Waals surface area contributed by atoms with E-state index in [0.717, 1.165) is 5.92 Å². The van der Waals surface area contributed by atoms with Gasteiger partial charge in [0.1, 0.15) is 0 Å². The monoisotopic (exact) mass is 201 g/mol. The van der Waals surface area contributed by atoms with Gasteiger partial charge >= 0.3 is 0 Å². The van der Waals surface area contributed by atoms with Gasteiger partial charge in [-0.2, -0.15) is 0 Å². The zero-order valence-electron chi connectivity index (χ0n) is 9.08. The van der Waals surface area contributed by atoms with Crippen LogP contribution in [-0.2, 0) is 0 Å². The topological polar surface area (TPSA) is 52.5 Å². The maximum atomic E-state index is 8.99. The molecule has 1 fully saturated rings. The molecule has 0 aromatic rings. The SMILES string of the molecule is CC[C@H]1CCCC[C@H]1NC(CO)CO. The summed E-state index contributed by atoms with van der Waals surface area (Å²) >= 11 is 0. The van der Waals surface area contributed by atoms with E-state index < -0.39 is 0 Å². The van der Waals surface area contributed by atoms with Gasteiger partial charge in [-0.1, -0.05) is 26.2 Å². The Kier molecular flexibility index (Phi) is 5.45. The van der Waals surface area contributed by atoms with E-state index in [1.165, 1.54) is 32.1 Å². The molecule has 0 heterocycles. The van der Waals surface area contributed by atoms with Crippen molar-refractivity contribution >= 4 is 0 Å². The van der Waals surface area contributed by atoms with E-state index in [1.54, 1.807) is 0 Å². The molecule has 0 radical (unpaired) electrons. The van der Waals surface area contributed by atoms with Gasteiger partial charge in [0, 0.05) is 6.04 Å². The second kappa shape index (κ2) is 6.38. The minimum absolute atomic E-state index is 0.0312. The van der Waals surface area contributed by atoms with Crippen molar-refractivity contribution in [1.29, 1.82) is 0 Å². The third-order valence-electron chi connectivity index (χ3n) is 3.32. The van der Waals surface area contributed by atoms with Crippen LogP contribution in [0.25, 0.3) is 0 Å². The fourth-order valence-corrected chi connectivity index (χ4v) is 2.38. The lowest BCUT2D eigenvalue weighted by atomic mass is 9.82. The molecule has 0 saturated heterocycles. The van der Waals surface area contributed by atoms with Crippen LogP contribution >= 0.6 is 0 Å². The maximum Gasteiger partial charge on any atom is 0.0607 e. The first kappa shape index (κ1) is 12.0. The Bertz CT molecular complexity index is 148. The van der Waals surface area contributed by atoms with E-state index in [2.05, 4.69) is 12.2 Å². The Hall–Kier alpha value is -0.120. The standard InChI is InChI=1S/C11H23NO2/c1-2-9-5-3-4-6-11(9)12-10(7-13)8-14/h9-14H,2-8H2,1H3/t9-,11+/m0/s1. The number of rotatable bonds is 5. The molecule has 14 heavy (non-hydrogen) atoms. The van der Waals surface area contributed by atoms with Gasteiger partial charge in [0.15, 0.2) is 0 Å². The highest BCUT2D eigenvalue weighted by atomic mass is 16.3. The fourth-order valence-electron chi connectivity index (χ4n) is 2.38. The Morgan fingerprint density at radius 2 is 1.86 bits per heavy atom. The average molecular weight is 201 g/mol.